The Morgan fingerprint density at radius 3 is 2.54 bits per heavy atom. The number of aliphatic imine (C=N–C) groups is 1. The van der Waals surface area contributed by atoms with E-state index >= 15 is 0 Å². The maximum absolute atomic E-state index is 12.7. The van der Waals surface area contributed by atoms with Crippen molar-refractivity contribution in [3.63, 3.8) is 0 Å². The first kappa shape index (κ1) is 25.0. The van der Waals surface area contributed by atoms with Crippen LogP contribution in [0.25, 0.3) is 10.9 Å². The highest BCUT2D eigenvalue weighted by molar-refractivity contribution is 6.31. The molecule has 0 spiro atoms. The van der Waals surface area contributed by atoms with Gasteiger partial charge in [-0.05, 0) is 49.9 Å². The first-order chi connectivity index (χ1) is 17.9. The van der Waals surface area contributed by atoms with Crippen molar-refractivity contribution < 1.29 is 9.90 Å². The zero-order valence-corrected chi connectivity index (χ0v) is 21.7. The van der Waals surface area contributed by atoms with E-state index in [9.17, 15) is 9.90 Å². The molecular formula is C29H30ClN5O2. The van der Waals surface area contributed by atoms with E-state index in [1.54, 1.807) is 12.1 Å². The Labute approximate surface area is 221 Å². The summed E-state index contributed by atoms with van der Waals surface area (Å²) in [6.45, 7) is 6.08. The van der Waals surface area contributed by atoms with Crippen LogP contribution in [-0.4, -0.2) is 71.3 Å². The SMILES string of the molecule is Cc1cc(N=C(c2ccccc2)c2c(O)[nH]c3cc(Cl)ccc23)ccc1NC(=O)CN1CCN(C)CC1. The minimum absolute atomic E-state index is 0.0174. The van der Waals surface area contributed by atoms with Crippen molar-refractivity contribution >= 4 is 45.5 Å². The topological polar surface area (TPSA) is 84.0 Å². The molecule has 190 valence electrons. The van der Waals surface area contributed by atoms with Gasteiger partial charge in [-0.2, -0.15) is 0 Å². The van der Waals surface area contributed by atoms with Crippen LogP contribution < -0.4 is 5.32 Å². The van der Waals surface area contributed by atoms with Crippen molar-refractivity contribution in [1.82, 2.24) is 14.8 Å². The van der Waals surface area contributed by atoms with E-state index in [1.807, 2.05) is 61.5 Å². The fraction of sp³-hybridized carbons (Fsp3) is 0.241. The van der Waals surface area contributed by atoms with Crippen LogP contribution in [0.15, 0.2) is 71.7 Å². The Morgan fingerprint density at radius 1 is 1.05 bits per heavy atom. The smallest absolute Gasteiger partial charge is 0.238 e. The largest absolute Gasteiger partial charge is 0.494 e. The number of rotatable bonds is 6. The fourth-order valence-corrected chi connectivity index (χ4v) is 4.81. The standard InChI is InChI=1S/C29H30ClN5O2/c1-19-16-22(9-11-24(19)32-26(36)18-35-14-12-34(2)13-15-35)31-28(20-6-4-3-5-7-20)27-23-10-8-21(30)17-25(23)33-29(27)37/h3-11,16-17,33,37H,12-15,18H2,1-2H3,(H,32,36). The van der Waals surface area contributed by atoms with Gasteiger partial charge in [0.05, 0.1) is 29.0 Å². The quantitative estimate of drug-likeness (QED) is 0.308. The van der Waals surface area contributed by atoms with E-state index < -0.39 is 0 Å². The summed E-state index contributed by atoms with van der Waals surface area (Å²) in [7, 11) is 2.10. The number of benzene rings is 3. The van der Waals surface area contributed by atoms with Gasteiger partial charge in [-0.15, -0.1) is 0 Å². The number of fused-ring (bicyclic) bond motifs is 1. The summed E-state index contributed by atoms with van der Waals surface area (Å²) in [5.74, 6) is 0.0145. The number of carbonyl (C=O) groups excluding carboxylic acids is 1. The van der Waals surface area contributed by atoms with E-state index in [0.29, 0.717) is 22.8 Å². The van der Waals surface area contributed by atoms with Gasteiger partial charge in [0, 0.05) is 47.8 Å². The van der Waals surface area contributed by atoms with Gasteiger partial charge < -0.3 is 20.3 Å². The summed E-state index contributed by atoms with van der Waals surface area (Å²) in [5.41, 5.74) is 5.25. The number of halogens is 1. The molecule has 0 saturated carbocycles. The number of aryl methyl sites for hydroxylation is 1. The van der Waals surface area contributed by atoms with Crippen molar-refractivity contribution in [3.05, 3.63) is 88.4 Å². The van der Waals surface area contributed by atoms with E-state index in [2.05, 4.69) is 27.1 Å². The number of hydrogen-bond acceptors (Lipinski definition) is 5. The van der Waals surface area contributed by atoms with E-state index in [1.165, 1.54) is 0 Å². The molecule has 0 radical (unpaired) electrons. The number of nitrogens with one attached hydrogen (secondary N) is 2. The van der Waals surface area contributed by atoms with Crippen LogP contribution in [0.4, 0.5) is 11.4 Å². The minimum atomic E-state index is -0.0174. The molecule has 3 aromatic carbocycles. The highest BCUT2D eigenvalue weighted by Crippen LogP contribution is 2.33. The van der Waals surface area contributed by atoms with Gasteiger partial charge in [-0.1, -0.05) is 48.0 Å². The first-order valence-electron chi connectivity index (χ1n) is 12.3. The maximum Gasteiger partial charge on any atom is 0.238 e. The molecule has 7 nitrogen and oxygen atoms in total. The van der Waals surface area contributed by atoms with Crippen LogP contribution in [0.3, 0.4) is 0 Å². The lowest BCUT2D eigenvalue weighted by Gasteiger charge is -2.31. The molecule has 0 aliphatic carbocycles. The number of nitrogens with zero attached hydrogens (tertiary/aromatic N) is 3. The Kier molecular flexibility index (Phi) is 7.28. The second-order valence-electron chi connectivity index (χ2n) is 9.49. The third-order valence-electron chi connectivity index (χ3n) is 6.71. The molecular weight excluding hydrogens is 486 g/mol. The minimum Gasteiger partial charge on any atom is -0.494 e. The number of hydrogen-bond donors (Lipinski definition) is 3. The van der Waals surface area contributed by atoms with Crippen molar-refractivity contribution in [1.29, 1.82) is 0 Å². The summed E-state index contributed by atoms with van der Waals surface area (Å²) in [6.07, 6.45) is 0. The molecule has 3 N–H and O–H groups in total. The number of anilines is 1. The van der Waals surface area contributed by atoms with Crippen molar-refractivity contribution in [3.8, 4) is 5.88 Å². The van der Waals surface area contributed by atoms with Gasteiger partial charge in [-0.25, -0.2) is 4.99 Å². The number of aromatic nitrogens is 1. The lowest BCUT2D eigenvalue weighted by atomic mass is 10.0. The molecule has 1 fully saturated rings. The van der Waals surface area contributed by atoms with Gasteiger partial charge in [0.1, 0.15) is 0 Å². The predicted octanol–water partition coefficient (Wildman–Crippen LogP) is 5.19. The Hall–Kier alpha value is -3.65. The highest BCUT2D eigenvalue weighted by atomic mass is 35.5. The summed E-state index contributed by atoms with van der Waals surface area (Å²) in [4.78, 5) is 25.1. The average molecular weight is 516 g/mol. The molecule has 1 aliphatic rings. The molecule has 5 rings (SSSR count). The number of aromatic amines is 1. The van der Waals surface area contributed by atoms with Crippen LogP contribution >= 0.6 is 11.6 Å². The highest BCUT2D eigenvalue weighted by Gasteiger charge is 2.20. The second-order valence-corrected chi connectivity index (χ2v) is 9.93. The monoisotopic (exact) mass is 515 g/mol. The van der Waals surface area contributed by atoms with Gasteiger partial charge in [0.15, 0.2) is 5.88 Å². The summed E-state index contributed by atoms with van der Waals surface area (Å²) < 4.78 is 0. The van der Waals surface area contributed by atoms with Crippen LogP contribution in [0, 0.1) is 6.92 Å². The summed E-state index contributed by atoms with van der Waals surface area (Å²) in [6, 6.07) is 20.9. The van der Waals surface area contributed by atoms with Gasteiger partial charge in [0.2, 0.25) is 5.91 Å². The van der Waals surface area contributed by atoms with E-state index in [-0.39, 0.29) is 11.8 Å². The van der Waals surface area contributed by atoms with Gasteiger partial charge in [-0.3, -0.25) is 9.69 Å². The molecule has 1 aliphatic heterocycles. The molecule has 1 aromatic heterocycles. The third-order valence-corrected chi connectivity index (χ3v) is 6.95. The lowest BCUT2D eigenvalue weighted by molar-refractivity contribution is -0.117. The second kappa shape index (κ2) is 10.8. The Bertz CT molecular complexity index is 1460. The van der Waals surface area contributed by atoms with E-state index in [4.69, 9.17) is 16.6 Å². The van der Waals surface area contributed by atoms with Crippen molar-refractivity contribution in [2.45, 2.75) is 6.92 Å². The zero-order chi connectivity index (χ0) is 25.9. The Morgan fingerprint density at radius 2 is 1.81 bits per heavy atom. The summed E-state index contributed by atoms with van der Waals surface area (Å²) >= 11 is 6.17. The van der Waals surface area contributed by atoms with Gasteiger partial charge in [0.25, 0.3) is 0 Å². The number of amides is 1. The van der Waals surface area contributed by atoms with Crippen LogP contribution in [0.1, 0.15) is 16.7 Å². The molecule has 1 amide bonds. The third kappa shape index (κ3) is 5.69. The Balaban J connectivity index is 1.44. The molecule has 1 saturated heterocycles. The van der Waals surface area contributed by atoms with Crippen LogP contribution in [0.5, 0.6) is 5.88 Å². The molecule has 0 atom stereocenters. The predicted molar refractivity (Wildman–Crippen MR) is 150 cm³/mol. The number of aromatic hydroxyl groups is 1. The fourth-order valence-electron chi connectivity index (χ4n) is 4.64. The van der Waals surface area contributed by atoms with Crippen molar-refractivity contribution in [2.75, 3.05) is 45.1 Å². The number of carbonyl (C=O) groups is 1. The lowest BCUT2D eigenvalue weighted by Crippen LogP contribution is -2.47. The average Bonchev–Trinajstić information content (AvgIpc) is 3.20. The first-order valence-corrected chi connectivity index (χ1v) is 12.7. The normalized spacial score (nSPS) is 15.3. The van der Waals surface area contributed by atoms with Crippen LogP contribution in [-0.2, 0) is 4.79 Å². The molecule has 0 unspecified atom stereocenters. The molecule has 0 bridgehead atoms. The zero-order valence-electron chi connectivity index (χ0n) is 21.0. The van der Waals surface area contributed by atoms with Crippen molar-refractivity contribution in [2.24, 2.45) is 4.99 Å². The summed E-state index contributed by atoms with van der Waals surface area (Å²) in [5, 5.41) is 15.3. The van der Waals surface area contributed by atoms with Crippen LogP contribution in [0.2, 0.25) is 5.02 Å². The number of piperazine rings is 1. The molecule has 37 heavy (non-hydrogen) atoms. The number of H-pyrrole nitrogens is 1. The van der Waals surface area contributed by atoms with Gasteiger partial charge >= 0.3 is 0 Å². The maximum atomic E-state index is 12.7. The molecule has 4 aromatic rings. The molecule has 2 heterocycles. The molecule has 8 heteroatoms. The number of likely N-dealkylation sites (N-methyl/N-ethyl adjacent to an activating group) is 1. The van der Waals surface area contributed by atoms with E-state index in [0.717, 1.165) is 59.6 Å².